The van der Waals surface area contributed by atoms with E-state index in [1.807, 2.05) is 11.9 Å². The molecule has 8 saturated heterocycles. The quantitative estimate of drug-likeness (QED) is 0.0315. The van der Waals surface area contributed by atoms with Gasteiger partial charge in [-0.2, -0.15) is 31.4 Å². The zero-order valence-corrected chi connectivity index (χ0v) is 83.0. The van der Waals surface area contributed by atoms with Crippen LogP contribution in [-0.2, 0) is 26.6 Å². The van der Waals surface area contributed by atoms with Gasteiger partial charge in [-0.25, -0.2) is 59.8 Å². The Morgan fingerprint density at radius 2 is 0.865 bits per heavy atom. The van der Waals surface area contributed by atoms with E-state index < -0.39 is 29.2 Å². The number of hydrogen-bond acceptors (Lipinski definition) is 42. The van der Waals surface area contributed by atoms with Crippen molar-refractivity contribution < 1.29 is 45.7 Å². The Balaban J connectivity index is 0.000000127. The number of carbonyl (C=O) groups is 1. The van der Waals surface area contributed by atoms with Crippen LogP contribution in [0.15, 0.2) is 154 Å². The molecule has 38 nitrogen and oxygen atoms in total. The van der Waals surface area contributed by atoms with Gasteiger partial charge in [0.1, 0.15) is 71.0 Å². The van der Waals surface area contributed by atoms with Crippen LogP contribution in [0.1, 0.15) is 114 Å². The molecule has 10 fully saturated rings. The molecule has 10 aromatic rings. The second kappa shape index (κ2) is 44.1. The van der Waals surface area contributed by atoms with Crippen LogP contribution in [0.25, 0.3) is 0 Å². The normalized spacial score (nSPS) is 21.5. The maximum atomic E-state index is 13.2. The number of anilines is 12. The monoisotopic (exact) mass is 2100 g/mol. The highest BCUT2D eigenvalue weighted by Gasteiger charge is 2.51. The predicted molar refractivity (Wildman–Crippen MR) is 533 cm³/mol. The number of nitrogens with two attached hydrogens (primary N) is 10. The van der Waals surface area contributed by atoms with Crippen LogP contribution in [0, 0.1) is 32.5 Å². The molecule has 5 atom stereocenters. The van der Waals surface area contributed by atoms with Crippen LogP contribution in [0.3, 0.4) is 0 Å². The van der Waals surface area contributed by atoms with Gasteiger partial charge in [-0.05, 0) is 150 Å². The Morgan fingerprint density at radius 1 is 0.468 bits per heavy atom. The van der Waals surface area contributed by atoms with E-state index in [0.717, 1.165) is 199 Å². The van der Waals surface area contributed by atoms with Gasteiger partial charge in [0.25, 0.3) is 0 Å². The lowest BCUT2D eigenvalue weighted by Crippen LogP contribution is -2.49. The topological polar surface area (TPSA) is 586 Å². The fourth-order valence-electron chi connectivity index (χ4n) is 19.8. The number of carbonyl (C=O) groups excluding carboxylic acids is 1. The van der Waals surface area contributed by atoms with E-state index in [9.17, 15) is 36.2 Å². The SMILES string of the molecule is CN[C@@H]1C[C@H](O)CC12CCN(c1cnc(Sc3cccnc3C(F)(F)F)c(N)n1)CC2.N=C1NC(=O)CC12CCN(c1cnc(Sc3cccnc3C(F)(F)F)c(N)n1)CC2.Nc1cnc(Cl)c(Sc2ncc(N3CCC4(CCC[C@H]4N)CC3)nc2N)c1.Nc1nc(N2CCC3(CC2)COC[C@H]3N)cnc1Sc1ccnc(N)c1Cl.Nc1nc(N2CCC3(CC2)COC[C@H]3N)cnc1Sc1ccnnc1Cl. The zero-order chi connectivity index (χ0) is 99.9. The van der Waals surface area contributed by atoms with Gasteiger partial charge >= 0.3 is 12.4 Å². The number of nitrogens with one attached hydrogen (secondary N) is 3. The summed E-state index contributed by atoms with van der Waals surface area (Å²) in [5.74, 6) is 5.15. The Morgan fingerprint density at radius 3 is 1.24 bits per heavy atom. The molecule has 20 rings (SSSR count). The van der Waals surface area contributed by atoms with E-state index in [-0.39, 0.29) is 83.5 Å². The summed E-state index contributed by atoms with van der Waals surface area (Å²) in [6, 6.07) is 11.7. The molecule has 8 aliphatic heterocycles. The van der Waals surface area contributed by atoms with Crippen LogP contribution < -0.4 is 92.5 Å². The number of pyridine rings is 4. The Kier molecular flexibility index (Phi) is 32.4. The van der Waals surface area contributed by atoms with Crippen molar-refractivity contribution in [2.75, 3.05) is 164 Å². The van der Waals surface area contributed by atoms with Crippen molar-refractivity contribution in [1.82, 2.24) is 90.6 Å². The highest BCUT2D eigenvalue weighted by molar-refractivity contribution is 8.00. The van der Waals surface area contributed by atoms with Gasteiger partial charge in [0.05, 0.1) is 96.4 Å². The molecule has 752 valence electrons. The summed E-state index contributed by atoms with van der Waals surface area (Å²) < 4.78 is 90.2. The summed E-state index contributed by atoms with van der Waals surface area (Å²) in [5.41, 5.74) is 59.6. The predicted octanol–water partition coefficient (Wildman–Crippen LogP) is 12.0. The molecule has 0 bridgehead atoms. The lowest BCUT2D eigenvalue weighted by Gasteiger charge is -2.43. The number of amidine groups is 1. The van der Waals surface area contributed by atoms with Gasteiger partial charge in [-0.15, -0.1) is 5.10 Å². The van der Waals surface area contributed by atoms with E-state index in [4.69, 9.17) is 107 Å². The largest absolute Gasteiger partial charge is 0.434 e. The highest BCUT2D eigenvalue weighted by Crippen LogP contribution is 2.52. The Labute approximate surface area is 845 Å². The maximum absolute atomic E-state index is 13.2. The fourth-order valence-corrected chi connectivity index (χ4v) is 24.5. The van der Waals surface area contributed by atoms with Gasteiger partial charge in [0.15, 0.2) is 45.6 Å². The van der Waals surface area contributed by atoms with Crippen LogP contribution in [0.2, 0.25) is 15.3 Å². The van der Waals surface area contributed by atoms with Gasteiger partial charge in [0.2, 0.25) is 5.91 Å². The number of aliphatic hydroxyl groups excluding tert-OH is 1. The fraction of sp³-hybridized carbons (Fsp3) is 0.483. The Hall–Kier alpha value is -10.3. The van der Waals surface area contributed by atoms with Crippen molar-refractivity contribution in [2.45, 2.75) is 195 Å². The third kappa shape index (κ3) is 23.9. The molecule has 10 aromatic heterocycles. The average molecular weight is 2100 g/mol. The van der Waals surface area contributed by atoms with Crippen molar-refractivity contribution in [2.24, 2.45) is 44.3 Å². The maximum Gasteiger partial charge on any atom is 0.434 e. The molecule has 52 heteroatoms. The lowest BCUT2D eigenvalue weighted by molar-refractivity contribution is -0.144. The standard InChI is InChI=1S/C20H25F3N6OS.C18H24ClN7S.C18H18F3N7OS.C17H22ClN7OS.C16H20ClN7OS/c1-25-14-9-12(30)10-19(14)4-7-29(8-5-19)15-11-27-18(17(24)28-15)31-13-3-2-6-26-16(13)20(21,22)23;19-15-12(8-11(20)9-23-15)27-17-16(22)25-14(10-24-17)26-6-4-18(5-7-26)3-1-2-13(18)21;19-18(20,21)13-10(2-1-5-24-13)30-15-14(22)26-11(9-25-15)28-6-3-17(4-7-28)8-12(29)27-16(17)23;18-13-10(1-4-22-14(13)20)27-16-15(21)24-12(7-23-16)25-5-2-17(3-6-25)9-26-8-11(17)19;17-13-10(1-4-21-23-13)26-15-14(19)22-12(7-20-15)24-5-2-16(3-6-24)9-25-8-11(16)18/h2-3,6,11-12,14,25,30H,4-5,7-10H2,1H3,(H2,24,28);8-10,13H,1-7,20-21H2,(H2,22,25);1-2,5,9H,3-4,6-8H2,(H2,22,26)(H2,23,27,29);1,4,7,11H,2-3,5-6,8-9,19H2,(H2,20,22)(H2,21,24);1,4,7,11H,2-3,5-6,8-9,18H2,(H2,19,22)/t12-,14+;13-;;2*11-/m01.11/s1. The van der Waals surface area contributed by atoms with Crippen LogP contribution >= 0.6 is 93.6 Å². The minimum atomic E-state index is -4.58. The molecular weight excluding hydrogens is 1990 g/mol. The molecule has 0 unspecified atom stereocenters. The van der Waals surface area contributed by atoms with Crippen molar-refractivity contribution in [3.63, 3.8) is 0 Å². The molecular formula is C89H109Cl3F6N34O4S5. The minimum absolute atomic E-state index is 0.0280. The first kappa shape index (κ1) is 104. The summed E-state index contributed by atoms with van der Waals surface area (Å²) in [5, 5.41) is 34.9. The molecule has 24 N–H and O–H groups in total. The van der Waals surface area contributed by atoms with Crippen LogP contribution in [0.5, 0.6) is 0 Å². The van der Waals surface area contributed by atoms with Gasteiger partial charge in [-0.1, -0.05) is 100 Å². The van der Waals surface area contributed by atoms with Gasteiger partial charge in [0, 0.05) is 146 Å². The third-order valence-corrected chi connectivity index (χ3v) is 34.6. The number of nitrogens with zero attached hydrogens (tertiary/aromatic N) is 21. The first-order valence-corrected chi connectivity index (χ1v) is 50.9. The van der Waals surface area contributed by atoms with Crippen LogP contribution in [0.4, 0.5) is 96.0 Å². The average Bonchev–Trinajstić information content (AvgIpc) is 1.65. The van der Waals surface area contributed by atoms with Crippen molar-refractivity contribution in [3.05, 3.63) is 131 Å². The number of hydrogen-bond donors (Lipinski definition) is 14. The number of nitrogen functional groups attached to an aromatic ring is 7. The molecule has 1 amide bonds. The highest BCUT2D eigenvalue weighted by atomic mass is 35.5. The smallest absolute Gasteiger partial charge is 0.397 e. The number of piperidine rings is 5. The molecule has 2 saturated carbocycles. The molecule has 2 aliphatic carbocycles. The van der Waals surface area contributed by atoms with Crippen LogP contribution in [-0.4, -0.2) is 226 Å². The number of amides is 1. The van der Waals surface area contributed by atoms with Gasteiger partial charge < -0.3 is 107 Å². The first-order valence-electron chi connectivity index (χ1n) is 45.7. The number of aliphatic hydroxyl groups is 1. The number of ether oxygens (including phenoxy) is 2. The first-order chi connectivity index (χ1) is 67.4. The van der Waals surface area contributed by atoms with Crippen molar-refractivity contribution in [3.8, 4) is 0 Å². The molecule has 10 aliphatic rings. The molecule has 18 heterocycles. The van der Waals surface area contributed by atoms with Crippen molar-refractivity contribution in [1.29, 1.82) is 5.41 Å². The number of alkyl halides is 6. The van der Waals surface area contributed by atoms with E-state index in [1.54, 1.807) is 55.4 Å². The second-order valence-corrected chi connectivity index (χ2v) is 42.7. The summed E-state index contributed by atoms with van der Waals surface area (Å²) in [4.78, 5) is 83.6. The van der Waals surface area contributed by atoms with Crippen molar-refractivity contribution >= 4 is 175 Å². The van der Waals surface area contributed by atoms with Gasteiger partial charge in [-0.3, -0.25) is 20.2 Å². The number of rotatable bonds is 16. The molecule has 141 heavy (non-hydrogen) atoms. The summed E-state index contributed by atoms with van der Waals surface area (Å²) in [6.07, 6.45) is 20.5. The van der Waals surface area contributed by atoms with E-state index >= 15 is 0 Å². The minimum Gasteiger partial charge on any atom is -0.397 e. The van der Waals surface area contributed by atoms with E-state index in [0.29, 0.717) is 133 Å². The lowest BCUT2D eigenvalue weighted by atomic mass is 9.74. The molecule has 0 radical (unpaired) electrons. The zero-order valence-electron chi connectivity index (χ0n) is 76.7. The summed E-state index contributed by atoms with van der Waals surface area (Å²) in [7, 11) is 1.94. The van der Waals surface area contributed by atoms with E-state index in [1.165, 1.54) is 84.8 Å². The third-order valence-electron chi connectivity index (χ3n) is 28.1. The Bertz CT molecular complexity index is 6020. The molecule has 0 aromatic carbocycles. The molecule has 5 spiro atoms. The summed E-state index contributed by atoms with van der Waals surface area (Å²) in [6.45, 7) is 10.8. The second-order valence-electron chi connectivity index (χ2n) is 36.5. The number of aromatic nitrogens is 16. The number of halogens is 9. The van der Waals surface area contributed by atoms with E-state index in [2.05, 4.69) is 110 Å². The summed E-state index contributed by atoms with van der Waals surface area (Å²) >= 11 is 23.9.